The molecule has 0 spiro atoms. The van der Waals surface area contributed by atoms with E-state index in [-0.39, 0.29) is 11.1 Å². The van der Waals surface area contributed by atoms with Gasteiger partial charge in [0.15, 0.2) is 6.29 Å². The summed E-state index contributed by atoms with van der Waals surface area (Å²) in [6.07, 6.45) is 0.868. The predicted octanol–water partition coefficient (Wildman–Crippen LogP) is 1.55. The van der Waals surface area contributed by atoms with Crippen LogP contribution in [0, 0.1) is 0 Å². The molecular formula is C8H15BrO3. The van der Waals surface area contributed by atoms with Crippen molar-refractivity contribution in [2.45, 2.75) is 24.5 Å². The summed E-state index contributed by atoms with van der Waals surface area (Å²) in [7, 11) is 0. The van der Waals surface area contributed by atoms with E-state index in [1.165, 1.54) is 0 Å². The van der Waals surface area contributed by atoms with Gasteiger partial charge in [-0.15, -0.1) is 0 Å². The molecule has 12 heavy (non-hydrogen) atoms. The summed E-state index contributed by atoms with van der Waals surface area (Å²) in [6, 6.07) is 0. The second-order valence-corrected chi connectivity index (χ2v) is 3.88. The summed E-state index contributed by atoms with van der Waals surface area (Å²) in [5.74, 6) is 0. The molecule has 3 nitrogen and oxygen atoms in total. The van der Waals surface area contributed by atoms with Gasteiger partial charge in [0.2, 0.25) is 0 Å². The van der Waals surface area contributed by atoms with Crippen LogP contribution in [0.3, 0.4) is 0 Å². The van der Waals surface area contributed by atoms with Crippen LogP contribution in [0.2, 0.25) is 0 Å². The van der Waals surface area contributed by atoms with Crippen LogP contribution >= 0.6 is 15.9 Å². The molecule has 0 aromatic rings. The monoisotopic (exact) mass is 238 g/mol. The molecule has 1 rings (SSSR count). The van der Waals surface area contributed by atoms with Crippen molar-refractivity contribution < 1.29 is 14.2 Å². The van der Waals surface area contributed by atoms with Crippen LogP contribution in [0.25, 0.3) is 0 Å². The summed E-state index contributed by atoms with van der Waals surface area (Å²) in [5.41, 5.74) is 0. The molecular weight excluding hydrogens is 224 g/mol. The Bertz CT molecular complexity index is 121. The lowest BCUT2D eigenvalue weighted by molar-refractivity contribution is -0.132. The average molecular weight is 239 g/mol. The zero-order chi connectivity index (χ0) is 8.81. The van der Waals surface area contributed by atoms with Crippen LogP contribution in [0.1, 0.15) is 13.3 Å². The maximum absolute atomic E-state index is 5.48. The number of hydrogen-bond donors (Lipinski definition) is 0. The van der Waals surface area contributed by atoms with Gasteiger partial charge in [-0.1, -0.05) is 22.9 Å². The molecule has 1 heterocycles. The lowest BCUT2D eigenvalue weighted by Crippen LogP contribution is -2.28. The summed E-state index contributed by atoms with van der Waals surface area (Å²) in [4.78, 5) is 0.159. The van der Waals surface area contributed by atoms with Gasteiger partial charge in [-0.3, -0.25) is 0 Å². The minimum atomic E-state index is -0.146. The average Bonchev–Trinajstić information content (AvgIpc) is 2.27. The standard InChI is InChI=1S/C8H15BrO3/c1-2-3-11-8-7(9)6-10-4-5-12-8/h7-8H,2-6H2,1H3/t7-,8?/m1/s1. The minimum Gasteiger partial charge on any atom is -0.378 e. The van der Waals surface area contributed by atoms with Crippen molar-refractivity contribution in [3.05, 3.63) is 0 Å². The first-order valence-corrected chi connectivity index (χ1v) is 5.21. The first-order valence-electron chi connectivity index (χ1n) is 4.29. The molecule has 1 fully saturated rings. The van der Waals surface area contributed by atoms with Crippen molar-refractivity contribution in [1.82, 2.24) is 0 Å². The van der Waals surface area contributed by atoms with E-state index in [9.17, 15) is 0 Å². The molecule has 1 aliphatic rings. The topological polar surface area (TPSA) is 27.7 Å². The molecule has 0 bridgehead atoms. The predicted molar refractivity (Wildman–Crippen MR) is 49.5 cm³/mol. The third kappa shape index (κ3) is 3.39. The van der Waals surface area contributed by atoms with E-state index in [0.29, 0.717) is 19.8 Å². The highest BCUT2D eigenvalue weighted by atomic mass is 79.9. The van der Waals surface area contributed by atoms with E-state index >= 15 is 0 Å². The van der Waals surface area contributed by atoms with E-state index in [1.54, 1.807) is 0 Å². The Morgan fingerprint density at radius 3 is 3.08 bits per heavy atom. The second kappa shape index (κ2) is 5.91. The maximum atomic E-state index is 5.48. The van der Waals surface area contributed by atoms with E-state index < -0.39 is 0 Å². The van der Waals surface area contributed by atoms with Crippen LogP contribution in [0.15, 0.2) is 0 Å². The summed E-state index contributed by atoms with van der Waals surface area (Å²) in [6.45, 7) is 4.77. The lowest BCUT2D eigenvalue weighted by Gasteiger charge is -2.19. The van der Waals surface area contributed by atoms with Crippen molar-refractivity contribution in [3.8, 4) is 0 Å². The van der Waals surface area contributed by atoms with Gasteiger partial charge < -0.3 is 14.2 Å². The van der Waals surface area contributed by atoms with E-state index in [4.69, 9.17) is 14.2 Å². The van der Waals surface area contributed by atoms with E-state index in [0.717, 1.165) is 13.0 Å². The fraction of sp³-hybridized carbons (Fsp3) is 1.00. The van der Waals surface area contributed by atoms with Crippen molar-refractivity contribution in [3.63, 3.8) is 0 Å². The highest BCUT2D eigenvalue weighted by molar-refractivity contribution is 9.09. The highest BCUT2D eigenvalue weighted by Gasteiger charge is 2.22. The van der Waals surface area contributed by atoms with Gasteiger partial charge in [0.1, 0.15) is 0 Å². The number of alkyl halides is 1. The van der Waals surface area contributed by atoms with Gasteiger partial charge >= 0.3 is 0 Å². The molecule has 0 saturated carbocycles. The Labute approximate surface area is 81.5 Å². The highest BCUT2D eigenvalue weighted by Crippen LogP contribution is 2.14. The Hall–Kier alpha value is 0.360. The molecule has 72 valence electrons. The third-order valence-electron chi connectivity index (χ3n) is 1.57. The van der Waals surface area contributed by atoms with Crippen molar-refractivity contribution in [2.24, 2.45) is 0 Å². The molecule has 0 N–H and O–H groups in total. The molecule has 0 amide bonds. The lowest BCUT2D eigenvalue weighted by atomic mass is 10.4. The van der Waals surface area contributed by atoms with Gasteiger partial charge in [0, 0.05) is 6.61 Å². The summed E-state index contributed by atoms with van der Waals surface area (Å²) < 4.78 is 16.2. The fourth-order valence-corrected chi connectivity index (χ4v) is 1.48. The molecule has 1 aliphatic heterocycles. The van der Waals surface area contributed by atoms with Gasteiger partial charge in [-0.05, 0) is 6.42 Å². The minimum absolute atomic E-state index is 0.146. The largest absolute Gasteiger partial charge is 0.378 e. The van der Waals surface area contributed by atoms with Crippen molar-refractivity contribution in [1.29, 1.82) is 0 Å². The number of halogens is 1. The van der Waals surface area contributed by atoms with Gasteiger partial charge in [-0.25, -0.2) is 0 Å². The van der Waals surface area contributed by atoms with Crippen LogP contribution in [-0.4, -0.2) is 37.5 Å². The van der Waals surface area contributed by atoms with Crippen LogP contribution < -0.4 is 0 Å². The SMILES string of the molecule is CCCOC1OCCOC[C@H]1Br. The van der Waals surface area contributed by atoms with Crippen LogP contribution in [-0.2, 0) is 14.2 Å². The van der Waals surface area contributed by atoms with Crippen molar-refractivity contribution in [2.75, 3.05) is 26.4 Å². The Kier molecular flexibility index (Phi) is 5.14. The Morgan fingerprint density at radius 1 is 1.50 bits per heavy atom. The fourth-order valence-electron chi connectivity index (χ4n) is 0.989. The maximum Gasteiger partial charge on any atom is 0.172 e. The molecule has 0 aromatic carbocycles. The zero-order valence-corrected chi connectivity index (χ0v) is 8.88. The molecule has 0 radical (unpaired) electrons. The van der Waals surface area contributed by atoms with Gasteiger partial charge in [0.25, 0.3) is 0 Å². The summed E-state index contributed by atoms with van der Waals surface area (Å²) >= 11 is 3.46. The molecule has 2 atom stereocenters. The molecule has 0 aromatic heterocycles. The van der Waals surface area contributed by atoms with Gasteiger partial charge in [-0.2, -0.15) is 0 Å². The first kappa shape index (κ1) is 10.4. The van der Waals surface area contributed by atoms with Crippen molar-refractivity contribution >= 4 is 15.9 Å². The third-order valence-corrected chi connectivity index (χ3v) is 2.26. The summed E-state index contributed by atoms with van der Waals surface area (Å²) in [5, 5.41) is 0. The molecule has 0 aliphatic carbocycles. The second-order valence-electron chi connectivity index (χ2n) is 2.70. The normalized spacial score (nSPS) is 31.5. The quantitative estimate of drug-likeness (QED) is 0.699. The van der Waals surface area contributed by atoms with E-state index in [2.05, 4.69) is 22.9 Å². The van der Waals surface area contributed by atoms with Crippen LogP contribution in [0.4, 0.5) is 0 Å². The Balaban J connectivity index is 2.26. The smallest absolute Gasteiger partial charge is 0.172 e. The number of ether oxygens (including phenoxy) is 3. The zero-order valence-electron chi connectivity index (χ0n) is 7.29. The molecule has 4 heteroatoms. The first-order chi connectivity index (χ1) is 5.84. The Morgan fingerprint density at radius 2 is 2.33 bits per heavy atom. The molecule has 1 saturated heterocycles. The van der Waals surface area contributed by atoms with Crippen LogP contribution in [0.5, 0.6) is 0 Å². The van der Waals surface area contributed by atoms with Gasteiger partial charge in [0.05, 0.1) is 24.6 Å². The molecule has 1 unspecified atom stereocenters. The number of rotatable bonds is 3. The van der Waals surface area contributed by atoms with E-state index in [1.807, 2.05) is 0 Å². The number of hydrogen-bond acceptors (Lipinski definition) is 3.